The molecule has 10 heteroatoms. The summed E-state index contributed by atoms with van der Waals surface area (Å²) in [5.41, 5.74) is 4.31. The van der Waals surface area contributed by atoms with Crippen molar-refractivity contribution in [3.05, 3.63) is 51.9 Å². The van der Waals surface area contributed by atoms with Crippen molar-refractivity contribution in [2.75, 3.05) is 44.3 Å². The molecular weight excluding hydrogens is 532 g/mol. The first-order chi connectivity index (χ1) is 15.2. The third-order valence-electron chi connectivity index (χ3n) is 5.35. The molecule has 1 aliphatic rings. The minimum atomic E-state index is -0.0181. The number of morpholine rings is 1. The van der Waals surface area contributed by atoms with E-state index in [0.717, 1.165) is 69.3 Å². The average Bonchev–Trinajstić information content (AvgIpc) is 3.42. The molecule has 0 bridgehead atoms. The Kier molecular flexibility index (Phi) is 7.75. The lowest BCUT2D eigenvalue weighted by Crippen LogP contribution is -2.39. The van der Waals surface area contributed by atoms with Gasteiger partial charge in [0.2, 0.25) is 0 Å². The van der Waals surface area contributed by atoms with Gasteiger partial charge in [-0.3, -0.25) is 14.6 Å². The molecule has 1 fully saturated rings. The first kappa shape index (κ1) is 23.5. The smallest absolute Gasteiger partial charge is 0.260 e. The van der Waals surface area contributed by atoms with Gasteiger partial charge in [-0.05, 0) is 42.8 Å². The number of ether oxygens (including phenoxy) is 1. The number of carbonyl (C=O) groups is 1. The fourth-order valence-corrected chi connectivity index (χ4v) is 5.97. The number of nitrogens with zero attached hydrogens (tertiary/aromatic N) is 4. The Bertz CT molecular complexity index is 1230. The van der Waals surface area contributed by atoms with Crippen molar-refractivity contribution in [2.24, 2.45) is 0 Å². The molecule has 5 rings (SSSR count). The van der Waals surface area contributed by atoms with E-state index in [1.54, 1.807) is 22.7 Å². The third-order valence-corrected chi connectivity index (χ3v) is 7.68. The number of carbonyl (C=O) groups excluding carboxylic acids is 1. The SMILES string of the molecule is Cl.O=C(c1ccc2ncsc2c1)N(CCCN1CCOCC1)c1nc2ccc(Br)cc2s1. The molecule has 168 valence electrons. The van der Waals surface area contributed by atoms with Gasteiger partial charge in [0.25, 0.3) is 5.91 Å². The van der Waals surface area contributed by atoms with E-state index >= 15 is 0 Å². The summed E-state index contributed by atoms with van der Waals surface area (Å²) in [6.07, 6.45) is 0.883. The maximum Gasteiger partial charge on any atom is 0.260 e. The highest BCUT2D eigenvalue weighted by Crippen LogP contribution is 2.32. The number of hydrogen-bond donors (Lipinski definition) is 0. The molecule has 4 aromatic rings. The van der Waals surface area contributed by atoms with E-state index in [9.17, 15) is 4.79 Å². The van der Waals surface area contributed by atoms with Gasteiger partial charge in [-0.25, -0.2) is 9.97 Å². The molecule has 2 aromatic heterocycles. The van der Waals surface area contributed by atoms with E-state index < -0.39 is 0 Å². The maximum absolute atomic E-state index is 13.6. The summed E-state index contributed by atoms with van der Waals surface area (Å²) in [5.74, 6) is -0.0181. The molecule has 3 heterocycles. The maximum atomic E-state index is 13.6. The molecule has 6 nitrogen and oxygen atoms in total. The molecule has 0 unspecified atom stereocenters. The van der Waals surface area contributed by atoms with Crippen LogP contribution in [0.5, 0.6) is 0 Å². The van der Waals surface area contributed by atoms with Crippen LogP contribution in [0.25, 0.3) is 20.4 Å². The lowest BCUT2D eigenvalue weighted by molar-refractivity contribution is 0.0376. The van der Waals surface area contributed by atoms with Crippen molar-refractivity contribution >= 4 is 82.5 Å². The molecule has 0 saturated carbocycles. The van der Waals surface area contributed by atoms with Crippen LogP contribution >= 0.6 is 51.0 Å². The van der Waals surface area contributed by atoms with E-state index in [-0.39, 0.29) is 18.3 Å². The second kappa shape index (κ2) is 10.5. The Balaban J connectivity index is 0.00000245. The Hall–Kier alpha value is -1.62. The van der Waals surface area contributed by atoms with Crippen molar-refractivity contribution in [1.82, 2.24) is 14.9 Å². The number of halogens is 2. The van der Waals surface area contributed by atoms with Crippen LogP contribution in [0.15, 0.2) is 46.4 Å². The highest BCUT2D eigenvalue weighted by molar-refractivity contribution is 9.10. The monoisotopic (exact) mass is 552 g/mol. The molecule has 0 N–H and O–H groups in total. The van der Waals surface area contributed by atoms with Crippen LogP contribution in [0.1, 0.15) is 16.8 Å². The molecule has 1 saturated heterocycles. The van der Waals surface area contributed by atoms with Gasteiger partial charge in [0, 0.05) is 36.2 Å². The second-order valence-electron chi connectivity index (χ2n) is 7.41. The minimum absolute atomic E-state index is 0. The number of benzene rings is 2. The number of anilines is 1. The van der Waals surface area contributed by atoms with Crippen LogP contribution in [0, 0.1) is 0 Å². The third kappa shape index (κ3) is 5.13. The zero-order chi connectivity index (χ0) is 21.2. The van der Waals surface area contributed by atoms with E-state index in [2.05, 4.69) is 31.9 Å². The Morgan fingerprint density at radius 3 is 2.78 bits per heavy atom. The molecule has 0 aliphatic carbocycles. The molecule has 1 aliphatic heterocycles. The van der Waals surface area contributed by atoms with Gasteiger partial charge in [0.1, 0.15) is 0 Å². The van der Waals surface area contributed by atoms with Gasteiger partial charge in [0.15, 0.2) is 5.13 Å². The summed E-state index contributed by atoms with van der Waals surface area (Å²) in [7, 11) is 0. The van der Waals surface area contributed by atoms with Gasteiger partial charge >= 0.3 is 0 Å². The van der Waals surface area contributed by atoms with Crippen molar-refractivity contribution < 1.29 is 9.53 Å². The molecule has 32 heavy (non-hydrogen) atoms. The molecular formula is C22H22BrClN4O2S2. The summed E-state index contributed by atoms with van der Waals surface area (Å²) >= 11 is 6.63. The fraction of sp³-hybridized carbons (Fsp3) is 0.318. The summed E-state index contributed by atoms with van der Waals surface area (Å²) < 4.78 is 8.54. The van der Waals surface area contributed by atoms with Crippen LogP contribution in [0.4, 0.5) is 5.13 Å². The minimum Gasteiger partial charge on any atom is -0.379 e. The zero-order valence-corrected chi connectivity index (χ0v) is 21.2. The number of thiazole rings is 2. The molecule has 1 amide bonds. The van der Waals surface area contributed by atoms with Crippen molar-refractivity contribution in [1.29, 1.82) is 0 Å². The van der Waals surface area contributed by atoms with E-state index in [1.807, 2.05) is 40.7 Å². The van der Waals surface area contributed by atoms with Crippen LogP contribution in [-0.4, -0.2) is 60.2 Å². The lowest BCUT2D eigenvalue weighted by atomic mass is 10.2. The van der Waals surface area contributed by atoms with Gasteiger partial charge in [-0.2, -0.15) is 0 Å². The summed E-state index contributed by atoms with van der Waals surface area (Å²) in [4.78, 5) is 26.9. The van der Waals surface area contributed by atoms with Crippen molar-refractivity contribution in [3.63, 3.8) is 0 Å². The summed E-state index contributed by atoms with van der Waals surface area (Å²) in [6, 6.07) is 11.7. The largest absolute Gasteiger partial charge is 0.379 e. The van der Waals surface area contributed by atoms with Crippen LogP contribution in [0.3, 0.4) is 0 Å². The van der Waals surface area contributed by atoms with E-state index in [1.165, 1.54) is 0 Å². The van der Waals surface area contributed by atoms with Crippen LogP contribution in [0.2, 0.25) is 0 Å². The first-order valence-corrected chi connectivity index (χ1v) is 12.7. The number of hydrogen-bond acceptors (Lipinski definition) is 7. The van der Waals surface area contributed by atoms with Crippen LogP contribution < -0.4 is 4.90 Å². The fourth-order valence-electron chi connectivity index (χ4n) is 3.71. The number of fused-ring (bicyclic) bond motifs is 2. The predicted octanol–water partition coefficient (Wildman–Crippen LogP) is 5.46. The van der Waals surface area contributed by atoms with Gasteiger partial charge in [0.05, 0.1) is 39.2 Å². The van der Waals surface area contributed by atoms with Crippen molar-refractivity contribution in [3.8, 4) is 0 Å². The molecule has 0 radical (unpaired) electrons. The van der Waals surface area contributed by atoms with Crippen LogP contribution in [-0.2, 0) is 4.74 Å². The standard InChI is InChI=1S/C22H21BrN4O2S2.ClH/c23-16-3-5-18-20(13-16)31-22(25-18)27(7-1-6-26-8-10-29-11-9-26)21(28)15-2-4-17-19(12-15)30-14-24-17;/h2-5,12-14H,1,6-11H2;1H. The Morgan fingerprint density at radius 1 is 1.12 bits per heavy atom. The normalized spacial score (nSPS) is 14.5. The zero-order valence-electron chi connectivity index (χ0n) is 17.2. The highest BCUT2D eigenvalue weighted by Gasteiger charge is 2.22. The lowest BCUT2D eigenvalue weighted by Gasteiger charge is -2.27. The molecule has 0 spiro atoms. The second-order valence-corrected chi connectivity index (χ2v) is 10.2. The highest BCUT2D eigenvalue weighted by atomic mass is 79.9. The van der Waals surface area contributed by atoms with Gasteiger partial charge < -0.3 is 4.74 Å². The Morgan fingerprint density at radius 2 is 1.94 bits per heavy atom. The number of rotatable bonds is 6. The number of amides is 1. The topological polar surface area (TPSA) is 58.6 Å². The average molecular weight is 554 g/mol. The van der Waals surface area contributed by atoms with Gasteiger partial charge in [-0.1, -0.05) is 27.3 Å². The molecule has 0 atom stereocenters. The van der Waals surface area contributed by atoms with Gasteiger partial charge in [-0.15, -0.1) is 23.7 Å². The molecule has 2 aromatic carbocycles. The van der Waals surface area contributed by atoms with E-state index in [0.29, 0.717) is 12.1 Å². The van der Waals surface area contributed by atoms with Crippen molar-refractivity contribution in [2.45, 2.75) is 6.42 Å². The first-order valence-electron chi connectivity index (χ1n) is 10.2. The van der Waals surface area contributed by atoms with E-state index in [4.69, 9.17) is 9.72 Å². The quantitative estimate of drug-likeness (QED) is 0.317. The Labute approximate surface area is 208 Å². The predicted molar refractivity (Wildman–Crippen MR) is 138 cm³/mol. The summed E-state index contributed by atoms with van der Waals surface area (Å²) in [6.45, 7) is 5.03. The summed E-state index contributed by atoms with van der Waals surface area (Å²) in [5, 5.41) is 0.740. The number of aromatic nitrogens is 2.